The first kappa shape index (κ1) is 15.4. The molecule has 2 nitrogen and oxygen atoms in total. The minimum absolute atomic E-state index is 0.0636. The van der Waals surface area contributed by atoms with Crippen molar-refractivity contribution >= 4 is 27.7 Å². The third kappa shape index (κ3) is 3.97. The SMILES string of the molecule is CCNC1(CO)CCCC(Sc2ccccc2Br)C1. The maximum Gasteiger partial charge on any atom is 0.0613 e. The molecule has 1 fully saturated rings. The summed E-state index contributed by atoms with van der Waals surface area (Å²) in [6.45, 7) is 3.28. The Kier molecular flexibility index (Phi) is 5.75. The van der Waals surface area contributed by atoms with Gasteiger partial charge in [-0.1, -0.05) is 25.5 Å². The van der Waals surface area contributed by atoms with E-state index in [1.807, 2.05) is 17.8 Å². The fourth-order valence-corrected chi connectivity index (χ4v) is 4.81. The Labute approximate surface area is 128 Å². The molecule has 2 N–H and O–H groups in total. The third-order valence-electron chi connectivity index (χ3n) is 3.78. The number of aliphatic hydroxyl groups is 1. The van der Waals surface area contributed by atoms with Crippen molar-refractivity contribution in [3.05, 3.63) is 28.7 Å². The van der Waals surface area contributed by atoms with Crippen LogP contribution in [0.1, 0.15) is 32.6 Å². The molecule has 1 aromatic carbocycles. The van der Waals surface area contributed by atoms with Crippen molar-refractivity contribution in [3.8, 4) is 0 Å². The molecule has 0 spiro atoms. The normalized spacial score (nSPS) is 27.4. The fourth-order valence-electron chi connectivity index (χ4n) is 2.86. The van der Waals surface area contributed by atoms with E-state index in [-0.39, 0.29) is 12.1 Å². The van der Waals surface area contributed by atoms with Crippen LogP contribution in [-0.4, -0.2) is 29.0 Å². The molecular weight excluding hydrogens is 322 g/mol. The van der Waals surface area contributed by atoms with E-state index in [1.165, 1.54) is 22.2 Å². The molecule has 2 rings (SSSR count). The van der Waals surface area contributed by atoms with Crippen LogP contribution in [0.15, 0.2) is 33.6 Å². The molecule has 0 aliphatic heterocycles. The Morgan fingerprint density at radius 3 is 2.95 bits per heavy atom. The smallest absolute Gasteiger partial charge is 0.0613 e. The van der Waals surface area contributed by atoms with Crippen LogP contribution in [0.5, 0.6) is 0 Å². The van der Waals surface area contributed by atoms with E-state index in [4.69, 9.17) is 0 Å². The first-order valence-corrected chi connectivity index (χ1v) is 8.63. The Bertz CT molecular complexity index is 411. The predicted octanol–water partition coefficient (Wildman–Crippen LogP) is 3.82. The number of likely N-dealkylation sites (N-methyl/N-ethyl adjacent to an activating group) is 1. The summed E-state index contributed by atoms with van der Waals surface area (Å²) in [5.41, 5.74) is -0.0636. The molecule has 19 heavy (non-hydrogen) atoms. The molecule has 2 atom stereocenters. The summed E-state index contributed by atoms with van der Waals surface area (Å²) in [6.07, 6.45) is 4.56. The second-order valence-electron chi connectivity index (χ2n) is 5.24. The molecule has 2 unspecified atom stereocenters. The highest BCUT2D eigenvalue weighted by atomic mass is 79.9. The Balaban J connectivity index is 2.03. The first-order chi connectivity index (χ1) is 9.19. The predicted molar refractivity (Wildman–Crippen MR) is 85.7 cm³/mol. The van der Waals surface area contributed by atoms with Crippen molar-refractivity contribution in [1.82, 2.24) is 5.32 Å². The van der Waals surface area contributed by atoms with Gasteiger partial charge in [0.2, 0.25) is 0 Å². The fraction of sp³-hybridized carbons (Fsp3) is 0.600. The number of benzene rings is 1. The lowest BCUT2D eigenvalue weighted by molar-refractivity contribution is 0.125. The summed E-state index contributed by atoms with van der Waals surface area (Å²) in [5.74, 6) is 0. The van der Waals surface area contributed by atoms with Crippen LogP contribution in [0.2, 0.25) is 0 Å². The number of rotatable bonds is 5. The average Bonchev–Trinajstić information content (AvgIpc) is 2.42. The molecule has 0 radical (unpaired) electrons. The summed E-state index contributed by atoms with van der Waals surface area (Å²) in [7, 11) is 0. The van der Waals surface area contributed by atoms with Crippen molar-refractivity contribution in [2.75, 3.05) is 13.2 Å². The number of nitrogens with one attached hydrogen (secondary N) is 1. The topological polar surface area (TPSA) is 32.3 Å². The zero-order valence-electron chi connectivity index (χ0n) is 11.4. The molecular formula is C15H22BrNOS. The zero-order valence-corrected chi connectivity index (χ0v) is 13.8. The van der Waals surface area contributed by atoms with Crippen LogP contribution in [0, 0.1) is 0 Å². The molecule has 0 heterocycles. The maximum absolute atomic E-state index is 9.73. The number of halogens is 1. The van der Waals surface area contributed by atoms with Crippen molar-refractivity contribution in [2.45, 2.75) is 48.3 Å². The highest BCUT2D eigenvalue weighted by Crippen LogP contribution is 2.40. The van der Waals surface area contributed by atoms with Crippen molar-refractivity contribution < 1.29 is 5.11 Å². The first-order valence-electron chi connectivity index (χ1n) is 6.96. The molecule has 0 amide bonds. The molecule has 0 saturated heterocycles. The number of hydrogen-bond acceptors (Lipinski definition) is 3. The van der Waals surface area contributed by atoms with Gasteiger partial charge < -0.3 is 10.4 Å². The summed E-state index contributed by atoms with van der Waals surface area (Å²) in [6, 6.07) is 8.39. The number of hydrogen-bond donors (Lipinski definition) is 2. The molecule has 0 bridgehead atoms. The van der Waals surface area contributed by atoms with E-state index < -0.39 is 0 Å². The van der Waals surface area contributed by atoms with Crippen molar-refractivity contribution in [1.29, 1.82) is 0 Å². The summed E-state index contributed by atoms with van der Waals surface area (Å²) >= 11 is 5.55. The monoisotopic (exact) mass is 343 g/mol. The molecule has 0 aromatic heterocycles. The summed E-state index contributed by atoms with van der Waals surface area (Å²) < 4.78 is 1.17. The van der Waals surface area contributed by atoms with Crippen LogP contribution in [0.3, 0.4) is 0 Å². The minimum Gasteiger partial charge on any atom is -0.394 e. The minimum atomic E-state index is -0.0636. The van der Waals surface area contributed by atoms with Gasteiger partial charge in [-0.2, -0.15) is 0 Å². The van der Waals surface area contributed by atoms with Crippen LogP contribution in [-0.2, 0) is 0 Å². The molecule has 106 valence electrons. The third-order valence-corrected chi connectivity index (χ3v) is 6.08. The molecule has 1 aliphatic rings. The van der Waals surface area contributed by atoms with Crippen LogP contribution in [0.4, 0.5) is 0 Å². The molecule has 4 heteroatoms. The van der Waals surface area contributed by atoms with Crippen LogP contribution >= 0.6 is 27.7 Å². The lowest BCUT2D eigenvalue weighted by Crippen LogP contribution is -2.52. The zero-order chi connectivity index (χ0) is 13.7. The van der Waals surface area contributed by atoms with E-state index in [2.05, 4.69) is 46.4 Å². The van der Waals surface area contributed by atoms with Gasteiger partial charge in [0, 0.05) is 20.2 Å². The van der Waals surface area contributed by atoms with Crippen molar-refractivity contribution in [3.63, 3.8) is 0 Å². The lowest BCUT2D eigenvalue weighted by Gasteiger charge is -2.40. The molecule has 1 aliphatic carbocycles. The Morgan fingerprint density at radius 1 is 1.47 bits per heavy atom. The Hall–Kier alpha value is -0.0300. The highest BCUT2D eigenvalue weighted by Gasteiger charge is 2.35. The molecule has 1 saturated carbocycles. The van der Waals surface area contributed by atoms with Gasteiger partial charge in [-0.25, -0.2) is 0 Å². The van der Waals surface area contributed by atoms with Crippen LogP contribution < -0.4 is 5.32 Å². The van der Waals surface area contributed by atoms with Gasteiger partial charge in [0.25, 0.3) is 0 Å². The van der Waals surface area contributed by atoms with Crippen molar-refractivity contribution in [2.24, 2.45) is 0 Å². The second kappa shape index (κ2) is 7.11. The standard InChI is InChI=1S/C15H22BrNOS/c1-2-17-15(11-18)9-5-6-12(10-15)19-14-8-4-3-7-13(14)16/h3-4,7-8,12,17-18H,2,5-6,9-11H2,1H3. The number of aliphatic hydroxyl groups excluding tert-OH is 1. The van der Waals surface area contributed by atoms with Gasteiger partial charge in [-0.15, -0.1) is 11.8 Å². The van der Waals surface area contributed by atoms with E-state index >= 15 is 0 Å². The van der Waals surface area contributed by atoms with E-state index in [1.54, 1.807) is 0 Å². The maximum atomic E-state index is 9.73. The van der Waals surface area contributed by atoms with Gasteiger partial charge in [-0.3, -0.25) is 0 Å². The van der Waals surface area contributed by atoms with E-state index in [0.717, 1.165) is 19.4 Å². The van der Waals surface area contributed by atoms with Crippen LogP contribution in [0.25, 0.3) is 0 Å². The second-order valence-corrected chi connectivity index (χ2v) is 7.43. The number of thioether (sulfide) groups is 1. The Morgan fingerprint density at radius 2 is 2.26 bits per heavy atom. The summed E-state index contributed by atoms with van der Waals surface area (Å²) in [5, 5.41) is 13.8. The largest absolute Gasteiger partial charge is 0.394 e. The molecule has 1 aromatic rings. The lowest BCUT2D eigenvalue weighted by atomic mass is 9.82. The van der Waals surface area contributed by atoms with Gasteiger partial charge in [0.05, 0.1) is 6.61 Å². The highest BCUT2D eigenvalue weighted by molar-refractivity contribution is 9.10. The van der Waals surface area contributed by atoms with Gasteiger partial charge in [0.15, 0.2) is 0 Å². The van der Waals surface area contributed by atoms with E-state index in [9.17, 15) is 5.11 Å². The van der Waals surface area contributed by atoms with Gasteiger partial charge in [0.1, 0.15) is 0 Å². The average molecular weight is 344 g/mol. The van der Waals surface area contributed by atoms with Gasteiger partial charge in [-0.05, 0) is 53.9 Å². The van der Waals surface area contributed by atoms with E-state index in [0.29, 0.717) is 5.25 Å². The van der Waals surface area contributed by atoms with Gasteiger partial charge >= 0.3 is 0 Å². The quantitative estimate of drug-likeness (QED) is 0.852. The summed E-state index contributed by atoms with van der Waals surface area (Å²) in [4.78, 5) is 1.30.